The highest BCUT2D eigenvalue weighted by atomic mass is 32.2. The molecule has 0 aromatic carbocycles. The normalized spacial score (nSPS) is 12.5. The maximum atomic E-state index is 5.23. The van der Waals surface area contributed by atoms with Gasteiger partial charge in [0.2, 0.25) is 0 Å². The lowest BCUT2D eigenvalue weighted by Gasteiger charge is -2.01. The summed E-state index contributed by atoms with van der Waals surface area (Å²) in [5.41, 5.74) is 0. The van der Waals surface area contributed by atoms with Crippen LogP contribution in [-0.2, 0) is 0 Å². The number of terminal acetylenes is 1. The first-order valence-electron chi connectivity index (χ1n) is 3.85. The molecule has 0 nitrogen and oxygen atoms in total. The van der Waals surface area contributed by atoms with Gasteiger partial charge in [-0.2, -0.15) is 11.8 Å². The fraction of sp³-hybridized carbons (Fsp3) is 0.778. The third-order valence-corrected chi connectivity index (χ3v) is 2.40. The fourth-order valence-corrected chi connectivity index (χ4v) is 1.38. The van der Waals surface area contributed by atoms with E-state index in [2.05, 4.69) is 19.8 Å². The molecule has 0 bridgehead atoms. The van der Waals surface area contributed by atoms with Crippen molar-refractivity contribution in [3.8, 4) is 12.3 Å². The van der Waals surface area contributed by atoms with Crippen molar-refractivity contribution in [1.82, 2.24) is 0 Å². The Morgan fingerprint density at radius 1 is 1.60 bits per heavy atom. The minimum atomic E-state index is 0.470. The number of rotatable bonds is 5. The molecule has 0 fully saturated rings. The van der Waals surface area contributed by atoms with Gasteiger partial charge in [0.05, 0.1) is 0 Å². The van der Waals surface area contributed by atoms with E-state index >= 15 is 0 Å². The average molecular weight is 156 g/mol. The zero-order chi connectivity index (χ0) is 7.82. The van der Waals surface area contributed by atoms with E-state index in [4.69, 9.17) is 6.42 Å². The average Bonchev–Trinajstić information content (AvgIpc) is 1.98. The van der Waals surface area contributed by atoms with E-state index in [-0.39, 0.29) is 0 Å². The van der Waals surface area contributed by atoms with Crippen LogP contribution in [-0.4, -0.2) is 11.5 Å². The molecule has 0 radical (unpaired) electrons. The summed E-state index contributed by atoms with van der Waals surface area (Å²) in [6.07, 6.45) is 7.68. The van der Waals surface area contributed by atoms with Gasteiger partial charge in [0, 0.05) is 5.92 Å². The molecule has 0 spiro atoms. The summed E-state index contributed by atoms with van der Waals surface area (Å²) < 4.78 is 0. The second kappa shape index (κ2) is 7.02. The Kier molecular flexibility index (Phi) is 6.96. The van der Waals surface area contributed by atoms with Crippen molar-refractivity contribution in [2.45, 2.75) is 26.7 Å². The van der Waals surface area contributed by atoms with Gasteiger partial charge in [-0.25, -0.2) is 0 Å². The molecule has 1 atom stereocenters. The van der Waals surface area contributed by atoms with E-state index in [1.807, 2.05) is 11.8 Å². The number of hydrogen-bond donors (Lipinski definition) is 0. The number of hydrogen-bond acceptors (Lipinski definition) is 1. The van der Waals surface area contributed by atoms with Crippen LogP contribution < -0.4 is 0 Å². The van der Waals surface area contributed by atoms with Crippen LogP contribution in [0.4, 0.5) is 0 Å². The maximum absolute atomic E-state index is 5.23. The third-order valence-electron chi connectivity index (χ3n) is 1.41. The molecule has 10 heavy (non-hydrogen) atoms. The molecule has 0 heterocycles. The molecule has 0 saturated carbocycles. The predicted octanol–water partition coefficient (Wildman–Crippen LogP) is 2.79. The van der Waals surface area contributed by atoms with Crippen LogP contribution in [0.2, 0.25) is 0 Å². The summed E-state index contributed by atoms with van der Waals surface area (Å²) in [5, 5.41) is 0. The Hall–Kier alpha value is -0.0900. The lowest BCUT2D eigenvalue weighted by molar-refractivity contribution is 0.658. The van der Waals surface area contributed by atoms with Crippen molar-refractivity contribution in [1.29, 1.82) is 0 Å². The summed E-state index contributed by atoms with van der Waals surface area (Å²) in [7, 11) is 0. The second-order valence-electron chi connectivity index (χ2n) is 2.41. The third kappa shape index (κ3) is 6.04. The van der Waals surface area contributed by atoms with E-state index in [1.54, 1.807) is 0 Å². The minimum absolute atomic E-state index is 0.470. The van der Waals surface area contributed by atoms with Crippen molar-refractivity contribution in [2.75, 3.05) is 11.5 Å². The van der Waals surface area contributed by atoms with Gasteiger partial charge in [0.1, 0.15) is 0 Å². The summed E-state index contributed by atoms with van der Waals surface area (Å²) in [6, 6.07) is 0. The van der Waals surface area contributed by atoms with Crippen LogP contribution >= 0.6 is 11.8 Å². The van der Waals surface area contributed by atoms with Crippen LogP contribution in [0.15, 0.2) is 0 Å². The Labute approximate surface area is 68.8 Å². The van der Waals surface area contributed by atoms with Crippen LogP contribution in [0.25, 0.3) is 0 Å². The van der Waals surface area contributed by atoms with Crippen molar-refractivity contribution >= 4 is 11.8 Å². The zero-order valence-corrected chi connectivity index (χ0v) is 7.71. The fourth-order valence-electron chi connectivity index (χ4n) is 0.719. The van der Waals surface area contributed by atoms with Gasteiger partial charge in [-0.05, 0) is 24.3 Å². The largest absolute Gasteiger partial charge is 0.162 e. The molecule has 0 aliphatic heterocycles. The molecule has 0 aliphatic carbocycles. The molecule has 0 aliphatic rings. The Balaban J connectivity index is 2.98. The van der Waals surface area contributed by atoms with Crippen LogP contribution in [0.5, 0.6) is 0 Å². The van der Waals surface area contributed by atoms with Crippen LogP contribution in [0, 0.1) is 18.3 Å². The summed E-state index contributed by atoms with van der Waals surface area (Å²) in [5.74, 6) is 5.70. The standard InChI is InChI=1S/C9H16S/c1-4-9(3)7-6-8-10-5-2/h1,9H,5-8H2,2-3H3. The monoisotopic (exact) mass is 156 g/mol. The van der Waals surface area contributed by atoms with Crippen LogP contribution in [0.3, 0.4) is 0 Å². The quantitative estimate of drug-likeness (QED) is 0.435. The van der Waals surface area contributed by atoms with Crippen LogP contribution in [0.1, 0.15) is 26.7 Å². The topological polar surface area (TPSA) is 0 Å². The molecule has 1 heteroatoms. The summed E-state index contributed by atoms with van der Waals surface area (Å²) in [4.78, 5) is 0. The van der Waals surface area contributed by atoms with E-state index in [0.29, 0.717) is 5.92 Å². The lowest BCUT2D eigenvalue weighted by atomic mass is 10.1. The van der Waals surface area contributed by atoms with E-state index in [1.165, 1.54) is 24.3 Å². The molecule has 58 valence electrons. The molecule has 1 unspecified atom stereocenters. The maximum Gasteiger partial charge on any atom is 0.0172 e. The molecule has 0 aromatic rings. The highest BCUT2D eigenvalue weighted by Crippen LogP contribution is 2.08. The highest BCUT2D eigenvalue weighted by molar-refractivity contribution is 7.99. The molecular formula is C9H16S. The van der Waals surface area contributed by atoms with Crippen molar-refractivity contribution in [2.24, 2.45) is 5.92 Å². The first-order valence-corrected chi connectivity index (χ1v) is 5.00. The molecule has 0 aromatic heterocycles. The predicted molar refractivity (Wildman–Crippen MR) is 50.2 cm³/mol. The lowest BCUT2D eigenvalue weighted by Crippen LogP contribution is -1.90. The van der Waals surface area contributed by atoms with Gasteiger partial charge in [0.25, 0.3) is 0 Å². The molecule has 0 saturated heterocycles. The van der Waals surface area contributed by atoms with Gasteiger partial charge in [-0.1, -0.05) is 13.8 Å². The molecule has 0 rings (SSSR count). The highest BCUT2D eigenvalue weighted by Gasteiger charge is 1.94. The van der Waals surface area contributed by atoms with Gasteiger partial charge in [0.15, 0.2) is 0 Å². The zero-order valence-electron chi connectivity index (χ0n) is 6.89. The molecular weight excluding hydrogens is 140 g/mol. The van der Waals surface area contributed by atoms with Crippen molar-refractivity contribution < 1.29 is 0 Å². The Morgan fingerprint density at radius 3 is 2.80 bits per heavy atom. The molecule has 0 N–H and O–H groups in total. The minimum Gasteiger partial charge on any atom is -0.162 e. The van der Waals surface area contributed by atoms with Gasteiger partial charge < -0.3 is 0 Å². The van der Waals surface area contributed by atoms with Gasteiger partial charge in [-0.3, -0.25) is 0 Å². The van der Waals surface area contributed by atoms with E-state index < -0.39 is 0 Å². The van der Waals surface area contributed by atoms with Gasteiger partial charge >= 0.3 is 0 Å². The van der Waals surface area contributed by atoms with Crippen molar-refractivity contribution in [3.63, 3.8) is 0 Å². The van der Waals surface area contributed by atoms with Crippen molar-refractivity contribution in [3.05, 3.63) is 0 Å². The summed E-state index contributed by atoms with van der Waals surface area (Å²) in [6.45, 7) is 4.30. The first-order chi connectivity index (χ1) is 4.81. The Morgan fingerprint density at radius 2 is 2.30 bits per heavy atom. The SMILES string of the molecule is C#CC(C)CCCSCC. The second-order valence-corrected chi connectivity index (χ2v) is 3.80. The summed E-state index contributed by atoms with van der Waals surface area (Å²) >= 11 is 1.99. The Bertz CT molecular complexity index is 102. The number of thioether (sulfide) groups is 1. The van der Waals surface area contributed by atoms with Gasteiger partial charge in [-0.15, -0.1) is 12.3 Å². The van der Waals surface area contributed by atoms with E-state index in [9.17, 15) is 0 Å². The smallest absolute Gasteiger partial charge is 0.0172 e. The molecule has 0 amide bonds. The first kappa shape index (κ1) is 9.91. The van der Waals surface area contributed by atoms with E-state index in [0.717, 1.165) is 0 Å².